The Kier molecular flexibility index (Phi) is 5.92. The van der Waals surface area contributed by atoms with E-state index in [1.54, 1.807) is 36.3 Å². The van der Waals surface area contributed by atoms with E-state index in [2.05, 4.69) is 0 Å². The van der Waals surface area contributed by atoms with Crippen LogP contribution in [0.2, 0.25) is 5.02 Å². The van der Waals surface area contributed by atoms with E-state index in [9.17, 15) is 14.7 Å². The Balaban J connectivity index is 1.86. The molecule has 1 aliphatic heterocycles. The van der Waals surface area contributed by atoms with Crippen LogP contribution in [0.3, 0.4) is 0 Å². The Morgan fingerprint density at radius 1 is 1.03 bits per heavy atom. The summed E-state index contributed by atoms with van der Waals surface area (Å²) in [6, 6.07) is 11.3. The number of Topliss-reactive ketones (excluding diaryl/α,β-unsaturated/α-hetero) is 1. The molecule has 7 heteroatoms. The van der Waals surface area contributed by atoms with Crippen molar-refractivity contribution >= 4 is 29.1 Å². The van der Waals surface area contributed by atoms with Gasteiger partial charge in [0.25, 0.3) is 11.7 Å². The van der Waals surface area contributed by atoms with Gasteiger partial charge in [0.15, 0.2) is 0 Å². The molecule has 1 atom stereocenters. The minimum absolute atomic E-state index is 0.0340. The Labute approximate surface area is 186 Å². The Morgan fingerprint density at radius 3 is 2.29 bits per heavy atom. The summed E-state index contributed by atoms with van der Waals surface area (Å²) in [4.78, 5) is 27.8. The van der Waals surface area contributed by atoms with E-state index in [-0.39, 0.29) is 17.4 Å². The van der Waals surface area contributed by atoms with E-state index in [0.717, 1.165) is 31.2 Å². The third-order valence-electron chi connectivity index (χ3n) is 6.05. The molecule has 0 spiro atoms. The monoisotopic (exact) mass is 441 g/mol. The number of rotatable bonds is 5. The highest BCUT2D eigenvalue weighted by Gasteiger charge is 2.49. The van der Waals surface area contributed by atoms with Crippen LogP contribution in [0.25, 0.3) is 5.76 Å². The maximum absolute atomic E-state index is 13.1. The Morgan fingerprint density at radius 2 is 1.71 bits per heavy atom. The molecular weight excluding hydrogens is 418 g/mol. The number of benzene rings is 2. The second-order valence-corrected chi connectivity index (χ2v) is 8.17. The lowest BCUT2D eigenvalue weighted by Gasteiger charge is -2.30. The van der Waals surface area contributed by atoms with E-state index < -0.39 is 17.7 Å². The second-order valence-electron chi connectivity index (χ2n) is 7.77. The van der Waals surface area contributed by atoms with E-state index >= 15 is 0 Å². The molecule has 1 N–H and O–H groups in total. The fourth-order valence-electron chi connectivity index (χ4n) is 4.49. The highest BCUT2D eigenvalue weighted by Crippen LogP contribution is 2.44. The highest BCUT2D eigenvalue weighted by molar-refractivity contribution is 6.46. The predicted molar refractivity (Wildman–Crippen MR) is 117 cm³/mol. The van der Waals surface area contributed by atoms with Crippen LogP contribution in [0.15, 0.2) is 48.0 Å². The molecule has 1 saturated carbocycles. The van der Waals surface area contributed by atoms with Crippen molar-refractivity contribution in [1.82, 2.24) is 4.90 Å². The standard InChI is InChI=1S/C24H24ClNO5/c1-30-17-10-7-14(8-11-17)21-20(22(27)15-9-12-19(31-2)18(25)13-15)23(28)24(29)26(21)16-5-3-4-6-16/h7-13,16,21,27H,3-6H2,1-2H3/b22-20-. The van der Waals surface area contributed by atoms with Crippen LogP contribution < -0.4 is 9.47 Å². The highest BCUT2D eigenvalue weighted by atomic mass is 35.5. The average Bonchev–Trinajstić information content (AvgIpc) is 3.40. The maximum Gasteiger partial charge on any atom is 0.295 e. The second kappa shape index (κ2) is 8.63. The number of halogens is 1. The number of methoxy groups -OCH3 is 2. The lowest BCUT2D eigenvalue weighted by Crippen LogP contribution is -2.37. The molecule has 1 amide bonds. The quantitative estimate of drug-likeness (QED) is 0.412. The molecule has 0 aromatic heterocycles. The van der Waals surface area contributed by atoms with Crippen LogP contribution >= 0.6 is 11.6 Å². The number of carbonyl (C=O) groups is 2. The van der Waals surface area contributed by atoms with Gasteiger partial charge in [-0.3, -0.25) is 9.59 Å². The van der Waals surface area contributed by atoms with Crippen molar-refractivity contribution in [1.29, 1.82) is 0 Å². The molecule has 2 aromatic carbocycles. The van der Waals surface area contributed by atoms with Gasteiger partial charge in [-0.15, -0.1) is 0 Å². The van der Waals surface area contributed by atoms with Gasteiger partial charge in [0, 0.05) is 11.6 Å². The minimum Gasteiger partial charge on any atom is -0.507 e. The summed E-state index contributed by atoms with van der Waals surface area (Å²) in [5.74, 6) is -0.380. The zero-order valence-corrected chi connectivity index (χ0v) is 18.2. The van der Waals surface area contributed by atoms with Crippen molar-refractivity contribution in [2.45, 2.75) is 37.8 Å². The summed E-state index contributed by atoms with van der Waals surface area (Å²) in [6.45, 7) is 0. The molecular formula is C24H24ClNO5. The number of amides is 1. The number of ketones is 1. The first-order valence-corrected chi connectivity index (χ1v) is 10.6. The zero-order chi connectivity index (χ0) is 22.1. The van der Waals surface area contributed by atoms with Crippen molar-refractivity contribution in [3.63, 3.8) is 0 Å². The molecule has 2 aromatic rings. The third kappa shape index (κ3) is 3.76. The molecule has 4 rings (SSSR count). The van der Waals surface area contributed by atoms with Crippen molar-refractivity contribution in [2.24, 2.45) is 0 Å². The first-order chi connectivity index (χ1) is 15.0. The minimum atomic E-state index is -0.683. The molecule has 0 bridgehead atoms. The van der Waals surface area contributed by atoms with E-state index in [4.69, 9.17) is 21.1 Å². The predicted octanol–water partition coefficient (Wildman–Crippen LogP) is 4.72. The summed E-state index contributed by atoms with van der Waals surface area (Å²) in [5, 5.41) is 11.4. The van der Waals surface area contributed by atoms with Crippen LogP contribution in [-0.4, -0.2) is 42.0 Å². The molecule has 2 aliphatic rings. The van der Waals surface area contributed by atoms with Gasteiger partial charge in [0.2, 0.25) is 0 Å². The number of aliphatic hydroxyl groups excluding tert-OH is 1. The number of likely N-dealkylation sites (tertiary alicyclic amines) is 1. The van der Waals surface area contributed by atoms with Gasteiger partial charge in [-0.25, -0.2) is 0 Å². The van der Waals surface area contributed by atoms with E-state index in [1.807, 2.05) is 12.1 Å². The average molecular weight is 442 g/mol. The Hall–Kier alpha value is -2.99. The van der Waals surface area contributed by atoms with Crippen molar-refractivity contribution in [3.8, 4) is 11.5 Å². The molecule has 2 fully saturated rings. The van der Waals surface area contributed by atoms with Gasteiger partial charge in [-0.05, 0) is 48.7 Å². The van der Waals surface area contributed by atoms with Crippen LogP contribution in [0.4, 0.5) is 0 Å². The van der Waals surface area contributed by atoms with Gasteiger partial charge < -0.3 is 19.5 Å². The van der Waals surface area contributed by atoms with E-state index in [1.165, 1.54) is 13.2 Å². The van der Waals surface area contributed by atoms with Gasteiger partial charge in [-0.1, -0.05) is 36.6 Å². The number of ether oxygens (including phenoxy) is 2. The largest absolute Gasteiger partial charge is 0.507 e. The van der Waals surface area contributed by atoms with Crippen molar-refractivity contribution < 1.29 is 24.2 Å². The van der Waals surface area contributed by atoms with Crippen LogP contribution in [0, 0.1) is 0 Å². The number of aliphatic hydroxyl groups is 1. The molecule has 1 heterocycles. The summed E-state index contributed by atoms with van der Waals surface area (Å²) in [6.07, 6.45) is 3.70. The first-order valence-electron chi connectivity index (χ1n) is 10.2. The first kappa shape index (κ1) is 21.2. The summed E-state index contributed by atoms with van der Waals surface area (Å²) in [7, 11) is 3.07. The fraction of sp³-hybridized carbons (Fsp3) is 0.333. The molecule has 1 aliphatic carbocycles. The molecule has 6 nitrogen and oxygen atoms in total. The lowest BCUT2D eigenvalue weighted by molar-refractivity contribution is -0.141. The fourth-order valence-corrected chi connectivity index (χ4v) is 4.75. The van der Waals surface area contributed by atoms with Crippen LogP contribution in [-0.2, 0) is 9.59 Å². The smallest absolute Gasteiger partial charge is 0.295 e. The van der Waals surface area contributed by atoms with Gasteiger partial charge in [0.1, 0.15) is 17.3 Å². The van der Waals surface area contributed by atoms with Gasteiger partial charge >= 0.3 is 0 Å². The summed E-state index contributed by atoms with van der Waals surface area (Å²) < 4.78 is 10.4. The normalized spacial score (nSPS) is 21.0. The lowest BCUT2D eigenvalue weighted by atomic mass is 9.94. The number of nitrogens with zero attached hydrogens (tertiary/aromatic N) is 1. The van der Waals surface area contributed by atoms with Crippen LogP contribution in [0.5, 0.6) is 11.5 Å². The molecule has 1 unspecified atom stereocenters. The summed E-state index contributed by atoms with van der Waals surface area (Å²) in [5.41, 5.74) is 1.17. The summed E-state index contributed by atoms with van der Waals surface area (Å²) >= 11 is 6.23. The molecule has 1 saturated heterocycles. The maximum atomic E-state index is 13.1. The van der Waals surface area contributed by atoms with E-state index in [0.29, 0.717) is 22.1 Å². The van der Waals surface area contributed by atoms with Gasteiger partial charge in [0.05, 0.1) is 30.9 Å². The number of carbonyl (C=O) groups excluding carboxylic acids is 2. The molecule has 31 heavy (non-hydrogen) atoms. The number of hydrogen-bond acceptors (Lipinski definition) is 5. The third-order valence-corrected chi connectivity index (χ3v) is 6.35. The SMILES string of the molecule is COc1ccc(C2/C(=C(/O)c3ccc(OC)c(Cl)c3)C(=O)C(=O)N2C2CCCC2)cc1. The zero-order valence-electron chi connectivity index (χ0n) is 17.4. The van der Waals surface area contributed by atoms with Crippen molar-refractivity contribution in [3.05, 3.63) is 64.2 Å². The van der Waals surface area contributed by atoms with Gasteiger partial charge in [-0.2, -0.15) is 0 Å². The Bertz CT molecular complexity index is 1040. The van der Waals surface area contributed by atoms with Crippen LogP contribution in [0.1, 0.15) is 42.9 Å². The number of hydrogen-bond donors (Lipinski definition) is 1. The topological polar surface area (TPSA) is 76.1 Å². The molecule has 0 radical (unpaired) electrons. The van der Waals surface area contributed by atoms with Crippen molar-refractivity contribution in [2.75, 3.05) is 14.2 Å². The molecule has 162 valence electrons.